The van der Waals surface area contributed by atoms with Gasteiger partial charge in [-0.1, -0.05) is 12.1 Å². The van der Waals surface area contributed by atoms with Crippen LogP contribution in [0.4, 0.5) is 13.2 Å². The second-order valence-electron chi connectivity index (χ2n) is 3.89. The zero-order valence-corrected chi connectivity index (χ0v) is 9.82. The molecule has 0 bridgehead atoms. The minimum Gasteiger partial charge on any atom is -0.457 e. The van der Waals surface area contributed by atoms with Crippen molar-refractivity contribution in [2.75, 3.05) is 0 Å². The SMILES string of the molecule is OCc1ccc(Oc2ccc(F)cc2C(F)F)cc1. The number of hydrogen-bond acceptors (Lipinski definition) is 2. The van der Waals surface area contributed by atoms with Gasteiger partial charge in [0.15, 0.2) is 0 Å². The molecule has 0 aliphatic heterocycles. The molecule has 0 spiro atoms. The number of alkyl halides is 2. The third kappa shape index (κ3) is 3.26. The Morgan fingerprint density at radius 1 is 1.05 bits per heavy atom. The van der Waals surface area contributed by atoms with Crippen molar-refractivity contribution >= 4 is 0 Å². The smallest absolute Gasteiger partial charge is 0.267 e. The van der Waals surface area contributed by atoms with E-state index in [-0.39, 0.29) is 12.4 Å². The molecule has 5 heteroatoms. The standard InChI is InChI=1S/C14H11F3O2/c15-10-3-6-13(12(7-10)14(16)17)19-11-4-1-9(8-18)2-5-11/h1-7,14,18H,8H2. The van der Waals surface area contributed by atoms with Crippen LogP contribution in [0.15, 0.2) is 42.5 Å². The highest BCUT2D eigenvalue weighted by Crippen LogP contribution is 2.32. The number of ether oxygens (including phenoxy) is 1. The third-order valence-electron chi connectivity index (χ3n) is 2.54. The molecule has 19 heavy (non-hydrogen) atoms. The largest absolute Gasteiger partial charge is 0.457 e. The highest BCUT2D eigenvalue weighted by Gasteiger charge is 2.15. The van der Waals surface area contributed by atoms with Crippen molar-refractivity contribution in [3.8, 4) is 11.5 Å². The zero-order valence-electron chi connectivity index (χ0n) is 9.82. The maximum absolute atomic E-state index is 12.9. The average Bonchev–Trinajstić information content (AvgIpc) is 2.41. The Bertz CT molecular complexity index is 553. The molecule has 2 aromatic carbocycles. The van der Waals surface area contributed by atoms with Crippen molar-refractivity contribution in [3.05, 3.63) is 59.4 Å². The van der Waals surface area contributed by atoms with Gasteiger partial charge in [0.25, 0.3) is 6.43 Å². The normalized spacial score (nSPS) is 10.8. The summed E-state index contributed by atoms with van der Waals surface area (Å²) in [6.07, 6.45) is -2.82. The summed E-state index contributed by atoms with van der Waals surface area (Å²) >= 11 is 0. The fraction of sp³-hybridized carbons (Fsp3) is 0.143. The summed E-state index contributed by atoms with van der Waals surface area (Å²) in [5, 5.41) is 8.88. The molecule has 100 valence electrons. The molecule has 2 rings (SSSR count). The van der Waals surface area contributed by atoms with Crippen LogP contribution >= 0.6 is 0 Å². The van der Waals surface area contributed by atoms with E-state index in [1.165, 1.54) is 0 Å². The monoisotopic (exact) mass is 268 g/mol. The van der Waals surface area contributed by atoms with E-state index in [1.54, 1.807) is 24.3 Å². The Balaban J connectivity index is 2.26. The maximum Gasteiger partial charge on any atom is 0.267 e. The summed E-state index contributed by atoms with van der Waals surface area (Å²) in [7, 11) is 0. The van der Waals surface area contributed by atoms with Crippen molar-refractivity contribution in [2.24, 2.45) is 0 Å². The molecule has 0 heterocycles. The Morgan fingerprint density at radius 2 is 1.74 bits per heavy atom. The molecule has 0 fully saturated rings. The van der Waals surface area contributed by atoms with Crippen LogP contribution < -0.4 is 4.74 Å². The first kappa shape index (κ1) is 13.4. The Labute approximate surface area is 108 Å². The molecule has 0 amide bonds. The molecular formula is C14H11F3O2. The molecule has 0 aromatic heterocycles. The summed E-state index contributed by atoms with van der Waals surface area (Å²) in [5.41, 5.74) is 0.187. The average molecular weight is 268 g/mol. The summed E-state index contributed by atoms with van der Waals surface area (Å²) in [5.74, 6) is -0.489. The number of rotatable bonds is 4. The van der Waals surface area contributed by atoms with Gasteiger partial charge in [-0.25, -0.2) is 13.2 Å². The van der Waals surface area contributed by atoms with E-state index in [0.717, 1.165) is 18.2 Å². The predicted molar refractivity (Wildman–Crippen MR) is 63.8 cm³/mol. The van der Waals surface area contributed by atoms with Crippen molar-refractivity contribution in [2.45, 2.75) is 13.0 Å². The topological polar surface area (TPSA) is 29.5 Å². The lowest BCUT2D eigenvalue weighted by Crippen LogP contribution is -1.94. The van der Waals surface area contributed by atoms with E-state index in [2.05, 4.69) is 0 Å². The lowest BCUT2D eigenvalue weighted by molar-refractivity contribution is 0.147. The molecule has 0 atom stereocenters. The van der Waals surface area contributed by atoms with E-state index in [0.29, 0.717) is 11.3 Å². The molecule has 0 unspecified atom stereocenters. The summed E-state index contributed by atoms with van der Waals surface area (Å²) in [6, 6.07) is 9.29. The summed E-state index contributed by atoms with van der Waals surface area (Å²) in [4.78, 5) is 0. The molecule has 2 nitrogen and oxygen atoms in total. The number of hydrogen-bond donors (Lipinski definition) is 1. The molecule has 2 aromatic rings. The van der Waals surface area contributed by atoms with Gasteiger partial charge in [-0.3, -0.25) is 0 Å². The van der Waals surface area contributed by atoms with Crippen molar-refractivity contribution in [1.82, 2.24) is 0 Å². The van der Waals surface area contributed by atoms with Gasteiger partial charge in [0, 0.05) is 0 Å². The van der Waals surface area contributed by atoms with E-state index in [9.17, 15) is 13.2 Å². The van der Waals surface area contributed by atoms with Crippen LogP contribution in [0.5, 0.6) is 11.5 Å². The molecule has 0 radical (unpaired) electrons. The molecular weight excluding hydrogens is 257 g/mol. The van der Waals surface area contributed by atoms with Crippen LogP contribution in [-0.4, -0.2) is 5.11 Å². The lowest BCUT2D eigenvalue weighted by atomic mass is 10.2. The molecule has 0 aliphatic carbocycles. The minimum absolute atomic E-state index is 0.0897. The summed E-state index contributed by atoms with van der Waals surface area (Å²) < 4.78 is 43.7. The first-order chi connectivity index (χ1) is 9.10. The quantitative estimate of drug-likeness (QED) is 0.906. The van der Waals surface area contributed by atoms with Crippen LogP contribution in [0, 0.1) is 5.82 Å². The minimum atomic E-state index is -2.82. The van der Waals surface area contributed by atoms with Gasteiger partial charge >= 0.3 is 0 Å². The number of halogens is 3. The van der Waals surface area contributed by atoms with Crippen LogP contribution in [-0.2, 0) is 6.61 Å². The van der Waals surface area contributed by atoms with E-state index in [4.69, 9.17) is 9.84 Å². The van der Waals surface area contributed by atoms with Crippen LogP contribution in [0.2, 0.25) is 0 Å². The predicted octanol–water partition coefficient (Wildman–Crippen LogP) is 4.05. The highest BCUT2D eigenvalue weighted by atomic mass is 19.3. The van der Waals surface area contributed by atoms with E-state index < -0.39 is 17.8 Å². The molecule has 1 N–H and O–H groups in total. The van der Waals surface area contributed by atoms with E-state index in [1.807, 2.05) is 0 Å². The first-order valence-corrected chi connectivity index (χ1v) is 5.55. The second-order valence-corrected chi connectivity index (χ2v) is 3.89. The van der Waals surface area contributed by atoms with Gasteiger partial charge in [0.2, 0.25) is 0 Å². The number of benzene rings is 2. The van der Waals surface area contributed by atoms with Crippen LogP contribution in [0.25, 0.3) is 0 Å². The van der Waals surface area contributed by atoms with Crippen LogP contribution in [0.1, 0.15) is 17.6 Å². The second kappa shape index (κ2) is 5.75. The van der Waals surface area contributed by atoms with Gasteiger partial charge in [-0.15, -0.1) is 0 Å². The van der Waals surface area contributed by atoms with Crippen LogP contribution in [0.3, 0.4) is 0 Å². The molecule has 0 saturated carbocycles. The third-order valence-corrected chi connectivity index (χ3v) is 2.54. The maximum atomic E-state index is 12.9. The van der Waals surface area contributed by atoms with Crippen molar-refractivity contribution < 1.29 is 23.0 Å². The van der Waals surface area contributed by atoms with Gasteiger partial charge in [-0.05, 0) is 35.9 Å². The van der Waals surface area contributed by atoms with Gasteiger partial charge in [0.1, 0.15) is 17.3 Å². The Hall–Kier alpha value is -2.01. The van der Waals surface area contributed by atoms with Crippen molar-refractivity contribution in [3.63, 3.8) is 0 Å². The fourth-order valence-corrected chi connectivity index (χ4v) is 1.57. The van der Waals surface area contributed by atoms with E-state index >= 15 is 0 Å². The number of aliphatic hydroxyl groups is 1. The molecule has 0 saturated heterocycles. The fourth-order valence-electron chi connectivity index (χ4n) is 1.57. The molecule has 0 aliphatic rings. The lowest BCUT2D eigenvalue weighted by Gasteiger charge is -2.11. The number of aliphatic hydroxyl groups excluding tert-OH is 1. The zero-order chi connectivity index (χ0) is 13.8. The van der Waals surface area contributed by atoms with Gasteiger partial charge in [0.05, 0.1) is 12.2 Å². The van der Waals surface area contributed by atoms with Gasteiger partial charge < -0.3 is 9.84 Å². The Morgan fingerprint density at radius 3 is 2.32 bits per heavy atom. The summed E-state index contributed by atoms with van der Waals surface area (Å²) in [6.45, 7) is -0.112. The van der Waals surface area contributed by atoms with Gasteiger partial charge in [-0.2, -0.15) is 0 Å². The highest BCUT2D eigenvalue weighted by molar-refractivity contribution is 5.39. The Kier molecular flexibility index (Phi) is 4.06. The van der Waals surface area contributed by atoms with Crippen molar-refractivity contribution in [1.29, 1.82) is 0 Å². The first-order valence-electron chi connectivity index (χ1n) is 5.55.